The van der Waals surface area contributed by atoms with Crippen LogP contribution in [0.25, 0.3) is 0 Å². The minimum Gasteiger partial charge on any atom is -0.383 e. The molecule has 0 aliphatic heterocycles. The molecule has 8 heteroatoms. The maximum atomic E-state index is 12.9. The first kappa shape index (κ1) is 19.0. The van der Waals surface area contributed by atoms with Gasteiger partial charge < -0.3 is 10.6 Å². The highest BCUT2D eigenvalue weighted by Gasteiger charge is 2.24. The van der Waals surface area contributed by atoms with E-state index < -0.39 is 17.2 Å². The second kappa shape index (κ2) is 8.16. The molecule has 0 saturated heterocycles. The van der Waals surface area contributed by atoms with Gasteiger partial charge >= 0.3 is 5.69 Å². The number of aromatic amines is 1. The molecule has 26 heavy (non-hydrogen) atoms. The summed E-state index contributed by atoms with van der Waals surface area (Å²) >= 11 is 0. The molecule has 1 aromatic carbocycles. The van der Waals surface area contributed by atoms with Gasteiger partial charge in [-0.2, -0.15) is 5.26 Å². The fraction of sp³-hybridized carbons (Fsp3) is 0.333. The van der Waals surface area contributed by atoms with E-state index in [4.69, 9.17) is 11.0 Å². The second-order valence-corrected chi connectivity index (χ2v) is 5.74. The van der Waals surface area contributed by atoms with E-state index in [9.17, 15) is 14.4 Å². The summed E-state index contributed by atoms with van der Waals surface area (Å²) in [6.07, 6.45) is 1.55. The Morgan fingerprint density at radius 1 is 1.35 bits per heavy atom. The summed E-state index contributed by atoms with van der Waals surface area (Å²) in [4.78, 5) is 40.7. The number of carbonyl (C=O) groups excluding carboxylic acids is 1. The monoisotopic (exact) mass is 355 g/mol. The minimum absolute atomic E-state index is 0.0427. The standard InChI is InChI=1S/C18H21N5O3/c1-3-5-9-23-15(20)14(16(24)21-18(23)26)22(4-2)17(25)13-8-6-7-12(10-13)11-19/h6-8,10H,3-5,9,20H2,1-2H3,(H,21,24,26). The van der Waals surface area contributed by atoms with E-state index in [1.54, 1.807) is 25.1 Å². The molecule has 3 N–H and O–H groups in total. The van der Waals surface area contributed by atoms with E-state index in [-0.39, 0.29) is 23.6 Å². The lowest BCUT2D eigenvalue weighted by Crippen LogP contribution is -2.41. The maximum absolute atomic E-state index is 12.9. The van der Waals surface area contributed by atoms with E-state index in [1.807, 2.05) is 13.0 Å². The van der Waals surface area contributed by atoms with Crippen LogP contribution in [0.4, 0.5) is 11.5 Å². The van der Waals surface area contributed by atoms with Crippen molar-refractivity contribution < 1.29 is 4.79 Å². The zero-order valence-corrected chi connectivity index (χ0v) is 14.8. The first-order valence-electron chi connectivity index (χ1n) is 8.39. The average Bonchev–Trinajstić information content (AvgIpc) is 2.64. The molecular weight excluding hydrogens is 334 g/mol. The Balaban J connectivity index is 2.56. The molecule has 0 radical (unpaired) electrons. The van der Waals surface area contributed by atoms with Crippen LogP contribution in [0.5, 0.6) is 0 Å². The summed E-state index contributed by atoms with van der Waals surface area (Å²) in [6.45, 7) is 4.19. The number of nitriles is 1. The number of H-pyrrole nitrogens is 1. The minimum atomic E-state index is -0.716. The van der Waals surface area contributed by atoms with Crippen molar-refractivity contribution in [1.82, 2.24) is 9.55 Å². The van der Waals surface area contributed by atoms with Crippen LogP contribution in [-0.4, -0.2) is 22.0 Å². The van der Waals surface area contributed by atoms with Crippen LogP contribution in [0.1, 0.15) is 42.6 Å². The van der Waals surface area contributed by atoms with Gasteiger partial charge in [0.05, 0.1) is 11.6 Å². The SMILES string of the molecule is CCCCn1c(N)c(N(CC)C(=O)c2cccc(C#N)c2)c(=O)[nH]c1=O. The van der Waals surface area contributed by atoms with E-state index in [0.29, 0.717) is 18.5 Å². The number of rotatable bonds is 6. The van der Waals surface area contributed by atoms with Crippen LogP contribution in [0.15, 0.2) is 33.9 Å². The Kier molecular flexibility index (Phi) is 5.96. The predicted molar refractivity (Wildman–Crippen MR) is 99.2 cm³/mol. The van der Waals surface area contributed by atoms with Crippen LogP contribution in [0.3, 0.4) is 0 Å². The Morgan fingerprint density at radius 3 is 2.69 bits per heavy atom. The van der Waals surface area contributed by atoms with Gasteiger partial charge in [0.15, 0.2) is 5.69 Å². The Morgan fingerprint density at radius 2 is 2.08 bits per heavy atom. The Bertz CT molecular complexity index is 968. The number of unbranched alkanes of at least 4 members (excludes halogenated alkanes) is 1. The van der Waals surface area contributed by atoms with E-state index >= 15 is 0 Å². The molecule has 1 heterocycles. The van der Waals surface area contributed by atoms with Gasteiger partial charge in [0.2, 0.25) is 0 Å². The van der Waals surface area contributed by atoms with Crippen LogP contribution in [0, 0.1) is 11.3 Å². The molecule has 0 bridgehead atoms. The number of hydrogen-bond acceptors (Lipinski definition) is 5. The highest BCUT2D eigenvalue weighted by atomic mass is 16.2. The number of hydrogen-bond donors (Lipinski definition) is 2. The zero-order chi connectivity index (χ0) is 19.3. The van der Waals surface area contributed by atoms with Gasteiger partial charge in [-0.15, -0.1) is 0 Å². The third kappa shape index (κ3) is 3.67. The average molecular weight is 355 g/mol. The molecule has 0 aliphatic carbocycles. The fourth-order valence-corrected chi connectivity index (χ4v) is 2.66. The van der Waals surface area contributed by atoms with Crippen LogP contribution in [0.2, 0.25) is 0 Å². The zero-order valence-electron chi connectivity index (χ0n) is 14.8. The van der Waals surface area contributed by atoms with Crippen molar-refractivity contribution in [3.05, 3.63) is 56.2 Å². The highest BCUT2D eigenvalue weighted by Crippen LogP contribution is 2.20. The van der Waals surface area contributed by atoms with Crippen molar-refractivity contribution in [3.8, 4) is 6.07 Å². The molecule has 2 aromatic rings. The van der Waals surface area contributed by atoms with Crippen LogP contribution < -0.4 is 21.9 Å². The number of nitrogen functional groups attached to an aromatic ring is 1. The smallest absolute Gasteiger partial charge is 0.330 e. The predicted octanol–water partition coefficient (Wildman–Crippen LogP) is 1.46. The number of amides is 1. The van der Waals surface area contributed by atoms with Gasteiger partial charge in [0.1, 0.15) is 5.82 Å². The van der Waals surface area contributed by atoms with Crippen molar-refractivity contribution in [3.63, 3.8) is 0 Å². The third-order valence-corrected chi connectivity index (χ3v) is 4.02. The number of carbonyl (C=O) groups is 1. The van der Waals surface area contributed by atoms with E-state index in [2.05, 4.69) is 4.98 Å². The first-order chi connectivity index (χ1) is 12.4. The van der Waals surface area contributed by atoms with E-state index in [0.717, 1.165) is 6.42 Å². The lowest BCUT2D eigenvalue weighted by atomic mass is 10.1. The number of aromatic nitrogens is 2. The quantitative estimate of drug-likeness (QED) is 0.811. The first-order valence-corrected chi connectivity index (χ1v) is 8.39. The van der Waals surface area contributed by atoms with Crippen molar-refractivity contribution in [2.75, 3.05) is 17.2 Å². The molecule has 0 atom stereocenters. The van der Waals surface area contributed by atoms with Crippen LogP contribution >= 0.6 is 0 Å². The third-order valence-electron chi connectivity index (χ3n) is 4.02. The molecule has 0 spiro atoms. The molecule has 1 aromatic heterocycles. The molecule has 0 saturated carbocycles. The topological polar surface area (TPSA) is 125 Å². The molecule has 0 unspecified atom stereocenters. The summed E-state index contributed by atoms with van der Waals surface area (Å²) in [5.41, 5.74) is 5.29. The van der Waals surface area contributed by atoms with Crippen molar-refractivity contribution in [2.24, 2.45) is 0 Å². The van der Waals surface area contributed by atoms with Gasteiger partial charge in [0, 0.05) is 18.7 Å². The summed E-state index contributed by atoms with van der Waals surface area (Å²) < 4.78 is 1.27. The van der Waals surface area contributed by atoms with Gasteiger partial charge in [-0.05, 0) is 31.5 Å². The van der Waals surface area contributed by atoms with Crippen molar-refractivity contribution >= 4 is 17.4 Å². The number of anilines is 2. The van der Waals surface area contributed by atoms with Gasteiger partial charge in [-0.25, -0.2) is 4.79 Å². The normalized spacial score (nSPS) is 10.3. The van der Waals surface area contributed by atoms with E-state index in [1.165, 1.54) is 15.5 Å². The van der Waals surface area contributed by atoms with Crippen molar-refractivity contribution in [1.29, 1.82) is 5.26 Å². The molecular formula is C18H21N5O3. The summed E-state index contributed by atoms with van der Waals surface area (Å²) in [5.74, 6) is -0.513. The van der Waals surface area contributed by atoms with Gasteiger partial charge in [-0.1, -0.05) is 19.4 Å². The lowest BCUT2D eigenvalue weighted by Gasteiger charge is -2.23. The molecule has 0 aliphatic rings. The number of nitrogens with zero attached hydrogens (tertiary/aromatic N) is 3. The Hall–Kier alpha value is -3.34. The molecule has 1 amide bonds. The number of nitrogens with one attached hydrogen (secondary N) is 1. The molecule has 136 valence electrons. The highest BCUT2D eigenvalue weighted by molar-refractivity contribution is 6.07. The summed E-state index contributed by atoms with van der Waals surface area (Å²) in [7, 11) is 0. The fourth-order valence-electron chi connectivity index (χ4n) is 2.66. The van der Waals surface area contributed by atoms with Gasteiger partial charge in [0.25, 0.3) is 11.5 Å². The molecule has 8 nitrogen and oxygen atoms in total. The number of benzene rings is 1. The second-order valence-electron chi connectivity index (χ2n) is 5.74. The van der Waals surface area contributed by atoms with Gasteiger partial charge in [-0.3, -0.25) is 19.1 Å². The summed E-state index contributed by atoms with van der Waals surface area (Å²) in [5, 5.41) is 9.01. The molecule has 2 rings (SSSR count). The number of nitrogens with two attached hydrogens (primary N) is 1. The lowest BCUT2D eigenvalue weighted by molar-refractivity contribution is 0.0988. The molecule has 0 fully saturated rings. The maximum Gasteiger partial charge on any atom is 0.330 e. The largest absolute Gasteiger partial charge is 0.383 e. The Labute approximate surface area is 150 Å². The van der Waals surface area contributed by atoms with Crippen molar-refractivity contribution in [2.45, 2.75) is 33.2 Å². The summed E-state index contributed by atoms with van der Waals surface area (Å²) in [6, 6.07) is 8.15. The van der Waals surface area contributed by atoms with Crippen LogP contribution in [-0.2, 0) is 6.54 Å².